The van der Waals surface area contributed by atoms with Crippen molar-refractivity contribution in [2.24, 2.45) is 13.0 Å². The number of pyridine rings is 1. The number of rotatable bonds is 6. The largest absolute Gasteiger partial charge is 0.493 e. The van der Waals surface area contributed by atoms with Gasteiger partial charge in [0.05, 0.1) is 6.61 Å². The number of aryl methyl sites for hydroxylation is 1. The van der Waals surface area contributed by atoms with Gasteiger partial charge in [0.2, 0.25) is 0 Å². The van der Waals surface area contributed by atoms with E-state index in [4.69, 9.17) is 10.5 Å². The lowest BCUT2D eigenvalue weighted by molar-refractivity contribution is 0.101. The van der Waals surface area contributed by atoms with E-state index in [1.54, 1.807) is 25.4 Å². The van der Waals surface area contributed by atoms with E-state index < -0.39 is 0 Å². The molecule has 140 valence electrons. The van der Waals surface area contributed by atoms with Gasteiger partial charge in [0.15, 0.2) is 0 Å². The molecule has 1 aromatic carbocycles. The first-order valence-corrected chi connectivity index (χ1v) is 8.73. The molecular weight excluding hydrogens is 342 g/mol. The number of amides is 1. The summed E-state index contributed by atoms with van der Waals surface area (Å²) in [4.78, 5) is 16.6. The summed E-state index contributed by atoms with van der Waals surface area (Å²) in [5, 5.41) is 6.72. The molecule has 0 unspecified atom stereocenters. The van der Waals surface area contributed by atoms with Crippen molar-refractivity contribution >= 4 is 17.5 Å². The topological polar surface area (TPSA) is 95.1 Å². The number of hydrogen-bond donors (Lipinski definition) is 2. The minimum absolute atomic E-state index is 0.296. The summed E-state index contributed by atoms with van der Waals surface area (Å²) in [7, 11) is 1.70. The number of benzene rings is 1. The van der Waals surface area contributed by atoms with Crippen LogP contribution in [-0.2, 0) is 7.05 Å². The van der Waals surface area contributed by atoms with Gasteiger partial charge in [-0.15, -0.1) is 0 Å². The molecular formula is C20H23N5O2. The maximum Gasteiger partial charge on any atom is 0.275 e. The lowest BCUT2D eigenvalue weighted by Gasteiger charge is -2.15. The second-order valence-corrected chi connectivity index (χ2v) is 6.62. The Balaban J connectivity index is 1.83. The Morgan fingerprint density at radius 3 is 2.63 bits per heavy atom. The van der Waals surface area contributed by atoms with E-state index in [1.807, 2.05) is 30.3 Å². The third-order valence-corrected chi connectivity index (χ3v) is 3.97. The van der Waals surface area contributed by atoms with Gasteiger partial charge in [0.1, 0.15) is 23.1 Å². The number of carbonyl (C=O) groups excluding carboxylic acids is 1. The van der Waals surface area contributed by atoms with Crippen LogP contribution in [0, 0.1) is 5.92 Å². The number of carbonyl (C=O) groups is 1. The smallest absolute Gasteiger partial charge is 0.275 e. The molecule has 7 nitrogen and oxygen atoms in total. The molecule has 0 fully saturated rings. The number of hydrogen-bond acceptors (Lipinski definition) is 5. The number of nitrogens with one attached hydrogen (secondary N) is 1. The first-order valence-electron chi connectivity index (χ1n) is 8.73. The first kappa shape index (κ1) is 18.4. The summed E-state index contributed by atoms with van der Waals surface area (Å²) in [6.07, 6.45) is 1.56. The Bertz CT molecular complexity index is 949. The highest BCUT2D eigenvalue weighted by Crippen LogP contribution is 2.33. The Kier molecular flexibility index (Phi) is 5.40. The van der Waals surface area contributed by atoms with Gasteiger partial charge in [-0.2, -0.15) is 5.10 Å². The number of nitrogens with two attached hydrogens (primary N) is 1. The van der Waals surface area contributed by atoms with E-state index in [0.717, 1.165) is 16.9 Å². The van der Waals surface area contributed by atoms with Gasteiger partial charge in [-0.25, -0.2) is 4.98 Å². The van der Waals surface area contributed by atoms with Crippen molar-refractivity contribution in [3.8, 4) is 16.9 Å². The summed E-state index contributed by atoms with van der Waals surface area (Å²) in [5.74, 6) is 1.57. The zero-order valence-electron chi connectivity index (χ0n) is 15.6. The third kappa shape index (κ3) is 4.25. The van der Waals surface area contributed by atoms with Gasteiger partial charge < -0.3 is 15.8 Å². The van der Waals surface area contributed by atoms with E-state index in [2.05, 4.69) is 29.2 Å². The minimum atomic E-state index is -0.296. The molecule has 0 aliphatic heterocycles. The fourth-order valence-corrected chi connectivity index (χ4v) is 2.62. The molecule has 0 aliphatic carbocycles. The van der Waals surface area contributed by atoms with Crippen molar-refractivity contribution in [2.45, 2.75) is 13.8 Å². The van der Waals surface area contributed by atoms with Gasteiger partial charge in [-0.05, 0) is 30.2 Å². The Morgan fingerprint density at radius 2 is 1.96 bits per heavy atom. The van der Waals surface area contributed by atoms with Crippen molar-refractivity contribution in [3.05, 3.63) is 54.4 Å². The normalized spacial score (nSPS) is 10.8. The predicted molar refractivity (Wildman–Crippen MR) is 106 cm³/mol. The SMILES string of the molecule is CC(C)COc1ccccc1-c1ccc(NC(=O)c2ccnn2C)nc1N. The Hall–Kier alpha value is -3.35. The molecule has 0 radical (unpaired) electrons. The zero-order chi connectivity index (χ0) is 19.4. The van der Waals surface area contributed by atoms with Gasteiger partial charge in [-0.3, -0.25) is 9.48 Å². The monoisotopic (exact) mass is 365 g/mol. The maximum atomic E-state index is 12.3. The second-order valence-electron chi connectivity index (χ2n) is 6.62. The van der Waals surface area contributed by atoms with Crippen LogP contribution in [0.2, 0.25) is 0 Å². The number of nitrogens with zero attached hydrogens (tertiary/aromatic N) is 3. The maximum absolute atomic E-state index is 12.3. The van der Waals surface area contributed by atoms with Gasteiger partial charge in [0.25, 0.3) is 5.91 Å². The number of para-hydroxylation sites is 1. The van der Waals surface area contributed by atoms with Gasteiger partial charge in [0, 0.05) is 24.4 Å². The molecule has 7 heteroatoms. The molecule has 0 atom stereocenters. The summed E-state index contributed by atoms with van der Waals surface area (Å²) in [6.45, 7) is 4.81. The zero-order valence-corrected chi connectivity index (χ0v) is 15.6. The van der Waals surface area contributed by atoms with Crippen molar-refractivity contribution in [2.75, 3.05) is 17.7 Å². The Morgan fingerprint density at radius 1 is 1.19 bits per heavy atom. The van der Waals surface area contributed by atoms with Gasteiger partial charge in [-0.1, -0.05) is 32.0 Å². The molecule has 1 amide bonds. The standard InChI is InChI=1S/C20H23N5O2/c1-13(2)12-27-17-7-5-4-6-14(17)15-8-9-18(23-19(15)21)24-20(26)16-10-11-22-25(16)3/h4-11,13H,12H2,1-3H3,(H3,21,23,24,26). The van der Waals surface area contributed by atoms with Crippen LogP contribution < -0.4 is 15.8 Å². The van der Waals surface area contributed by atoms with Crippen molar-refractivity contribution in [3.63, 3.8) is 0 Å². The minimum Gasteiger partial charge on any atom is -0.493 e. The number of anilines is 2. The van der Waals surface area contributed by atoms with Crippen molar-refractivity contribution < 1.29 is 9.53 Å². The Labute approximate surface area is 158 Å². The van der Waals surface area contributed by atoms with Crippen LogP contribution in [0.1, 0.15) is 24.3 Å². The fourth-order valence-electron chi connectivity index (χ4n) is 2.62. The van der Waals surface area contributed by atoms with Crippen LogP contribution in [-0.4, -0.2) is 27.3 Å². The van der Waals surface area contributed by atoms with Crippen molar-refractivity contribution in [1.29, 1.82) is 0 Å². The highest BCUT2D eigenvalue weighted by atomic mass is 16.5. The molecule has 0 bridgehead atoms. The van der Waals surface area contributed by atoms with Crippen LogP contribution in [0.5, 0.6) is 5.75 Å². The van der Waals surface area contributed by atoms with E-state index in [0.29, 0.717) is 29.9 Å². The molecule has 27 heavy (non-hydrogen) atoms. The van der Waals surface area contributed by atoms with Crippen LogP contribution >= 0.6 is 0 Å². The molecule has 3 rings (SSSR count). The molecule has 3 N–H and O–H groups in total. The molecule has 0 saturated carbocycles. The molecule has 0 aliphatic rings. The summed E-state index contributed by atoms with van der Waals surface area (Å²) < 4.78 is 7.40. The second kappa shape index (κ2) is 7.90. The summed E-state index contributed by atoms with van der Waals surface area (Å²) >= 11 is 0. The van der Waals surface area contributed by atoms with E-state index in [-0.39, 0.29) is 5.91 Å². The van der Waals surface area contributed by atoms with Crippen molar-refractivity contribution in [1.82, 2.24) is 14.8 Å². The number of ether oxygens (including phenoxy) is 1. The van der Waals surface area contributed by atoms with Crippen LogP contribution in [0.3, 0.4) is 0 Å². The predicted octanol–water partition coefficient (Wildman–Crippen LogP) is 3.35. The molecule has 2 aromatic heterocycles. The van der Waals surface area contributed by atoms with Crippen LogP contribution in [0.15, 0.2) is 48.7 Å². The van der Waals surface area contributed by atoms with E-state index in [1.165, 1.54) is 4.68 Å². The fraction of sp³-hybridized carbons (Fsp3) is 0.250. The van der Waals surface area contributed by atoms with E-state index >= 15 is 0 Å². The number of aromatic nitrogens is 3. The summed E-state index contributed by atoms with van der Waals surface area (Å²) in [6, 6.07) is 12.9. The lowest BCUT2D eigenvalue weighted by Crippen LogP contribution is -2.17. The number of nitrogen functional groups attached to an aromatic ring is 1. The molecule has 3 aromatic rings. The van der Waals surface area contributed by atoms with E-state index in [9.17, 15) is 4.79 Å². The van der Waals surface area contributed by atoms with Crippen LogP contribution in [0.25, 0.3) is 11.1 Å². The highest BCUT2D eigenvalue weighted by Gasteiger charge is 2.14. The average molecular weight is 365 g/mol. The lowest BCUT2D eigenvalue weighted by atomic mass is 10.1. The first-order chi connectivity index (χ1) is 13.0. The van der Waals surface area contributed by atoms with Crippen LogP contribution in [0.4, 0.5) is 11.6 Å². The van der Waals surface area contributed by atoms with Gasteiger partial charge >= 0.3 is 0 Å². The third-order valence-electron chi connectivity index (χ3n) is 3.97. The highest BCUT2D eigenvalue weighted by molar-refractivity contribution is 6.02. The molecule has 2 heterocycles. The summed E-state index contributed by atoms with van der Waals surface area (Å²) in [5.41, 5.74) is 8.23. The molecule has 0 saturated heterocycles. The molecule has 0 spiro atoms. The average Bonchev–Trinajstić information content (AvgIpc) is 3.06. The quantitative estimate of drug-likeness (QED) is 0.698.